The quantitative estimate of drug-likeness (QED) is 0.643. The fourth-order valence-electron chi connectivity index (χ4n) is 2.66. The predicted octanol–water partition coefficient (Wildman–Crippen LogP) is 1.35. The number of carbonyl (C=O) groups is 1. The third kappa shape index (κ3) is 3.42. The number of aromatic hydroxyl groups is 1. The summed E-state index contributed by atoms with van der Waals surface area (Å²) in [5.41, 5.74) is 2.15. The zero-order valence-corrected chi connectivity index (χ0v) is 14.6. The molecule has 4 N–H and O–H groups in total. The Bertz CT molecular complexity index is 1000. The van der Waals surface area contributed by atoms with Gasteiger partial charge < -0.3 is 15.5 Å². The summed E-state index contributed by atoms with van der Waals surface area (Å²) in [7, 11) is -2.41. The lowest BCUT2D eigenvalue weighted by Crippen LogP contribution is -2.29. The third-order valence-corrected chi connectivity index (χ3v) is 5.12. The summed E-state index contributed by atoms with van der Waals surface area (Å²) in [6, 6.07) is 11.6. The molecule has 0 aromatic heterocycles. The van der Waals surface area contributed by atoms with Crippen LogP contribution in [0.25, 0.3) is 0 Å². The van der Waals surface area contributed by atoms with Crippen LogP contribution in [0.2, 0.25) is 0 Å². The number of aliphatic hydroxyl groups is 1. The fourth-order valence-corrected chi connectivity index (χ4v) is 3.72. The summed E-state index contributed by atoms with van der Waals surface area (Å²) >= 11 is 0. The van der Waals surface area contributed by atoms with E-state index in [1.54, 1.807) is 31.3 Å². The molecule has 0 aliphatic carbocycles. The van der Waals surface area contributed by atoms with Crippen LogP contribution in [-0.4, -0.2) is 31.6 Å². The second kappa shape index (κ2) is 6.60. The number of nitrogens with one attached hydrogen (secondary N) is 2. The standard InChI is InChI=1S/C17H17N3O5S/c1-18-17(23)13-4-2-3-11(8-13)7-12-5-6-14(15(21)9-12)20-10-16(22)19-26(20,24)25/h2-6,8-10,19,21-22H,7H2,1H3,(H,18,23). The molecule has 0 saturated carbocycles. The highest BCUT2D eigenvalue weighted by Gasteiger charge is 2.30. The molecule has 26 heavy (non-hydrogen) atoms. The van der Waals surface area contributed by atoms with Crippen LogP contribution in [0, 0.1) is 0 Å². The number of nitrogens with zero attached hydrogens (tertiary/aromatic N) is 1. The van der Waals surface area contributed by atoms with Crippen molar-refractivity contribution in [2.45, 2.75) is 6.42 Å². The van der Waals surface area contributed by atoms with Crippen LogP contribution in [0.15, 0.2) is 54.5 Å². The molecule has 0 saturated heterocycles. The van der Waals surface area contributed by atoms with Gasteiger partial charge in [-0.15, -0.1) is 0 Å². The molecule has 2 aromatic carbocycles. The normalized spacial score (nSPS) is 15.3. The SMILES string of the molecule is CNC(=O)c1cccc(Cc2ccc(N3C=C(O)NS3(=O)=O)c(O)c2)c1. The molecule has 0 bridgehead atoms. The van der Waals surface area contributed by atoms with Crippen molar-refractivity contribution >= 4 is 21.8 Å². The van der Waals surface area contributed by atoms with E-state index in [0.29, 0.717) is 12.0 Å². The van der Waals surface area contributed by atoms with Crippen LogP contribution in [-0.2, 0) is 16.6 Å². The van der Waals surface area contributed by atoms with E-state index in [0.717, 1.165) is 21.6 Å². The maximum absolute atomic E-state index is 11.9. The topological polar surface area (TPSA) is 119 Å². The second-order valence-corrected chi connectivity index (χ2v) is 7.24. The van der Waals surface area contributed by atoms with Crippen molar-refractivity contribution in [1.29, 1.82) is 0 Å². The third-order valence-electron chi connectivity index (χ3n) is 3.83. The minimum atomic E-state index is -3.97. The Hall–Kier alpha value is -3.20. The number of phenols is 1. The molecule has 1 amide bonds. The Balaban J connectivity index is 1.86. The number of phenolic OH excluding ortho intramolecular Hbond substituents is 1. The van der Waals surface area contributed by atoms with Crippen LogP contribution in [0.4, 0.5) is 5.69 Å². The zero-order valence-electron chi connectivity index (χ0n) is 13.8. The number of hydrogen-bond donors (Lipinski definition) is 4. The molecule has 0 atom stereocenters. The van der Waals surface area contributed by atoms with Crippen LogP contribution in [0.5, 0.6) is 5.75 Å². The summed E-state index contributed by atoms with van der Waals surface area (Å²) in [6.07, 6.45) is 1.42. The first-order chi connectivity index (χ1) is 12.3. The van der Waals surface area contributed by atoms with Crippen molar-refractivity contribution in [1.82, 2.24) is 10.0 Å². The molecule has 3 rings (SSSR count). The molecular formula is C17H17N3O5S. The Morgan fingerprint density at radius 3 is 2.50 bits per heavy atom. The number of benzene rings is 2. The van der Waals surface area contributed by atoms with E-state index in [9.17, 15) is 23.4 Å². The maximum atomic E-state index is 11.9. The molecule has 0 unspecified atom stereocenters. The summed E-state index contributed by atoms with van der Waals surface area (Å²) in [5.74, 6) is -0.968. The molecular weight excluding hydrogens is 358 g/mol. The average Bonchev–Trinajstić information content (AvgIpc) is 2.86. The molecule has 0 spiro atoms. The van der Waals surface area contributed by atoms with Gasteiger partial charge in [-0.05, 0) is 41.8 Å². The maximum Gasteiger partial charge on any atom is 0.330 e. The summed E-state index contributed by atoms with van der Waals surface area (Å²) in [5, 5.41) is 22.1. The first kappa shape index (κ1) is 17.6. The van der Waals surface area contributed by atoms with Crippen molar-refractivity contribution in [3.05, 3.63) is 71.2 Å². The van der Waals surface area contributed by atoms with Gasteiger partial charge in [0.15, 0.2) is 0 Å². The van der Waals surface area contributed by atoms with Gasteiger partial charge in [-0.1, -0.05) is 18.2 Å². The molecule has 1 heterocycles. The zero-order chi connectivity index (χ0) is 18.9. The lowest BCUT2D eigenvalue weighted by Gasteiger charge is -2.16. The highest BCUT2D eigenvalue weighted by atomic mass is 32.2. The van der Waals surface area contributed by atoms with Gasteiger partial charge in [0.25, 0.3) is 5.91 Å². The number of amides is 1. The number of carbonyl (C=O) groups excluding carboxylic acids is 1. The van der Waals surface area contributed by atoms with Gasteiger partial charge in [0, 0.05) is 12.6 Å². The van der Waals surface area contributed by atoms with Gasteiger partial charge >= 0.3 is 10.2 Å². The van der Waals surface area contributed by atoms with E-state index >= 15 is 0 Å². The highest BCUT2D eigenvalue weighted by molar-refractivity contribution is 7.91. The molecule has 0 fully saturated rings. The number of anilines is 1. The average molecular weight is 375 g/mol. The first-order valence-corrected chi connectivity index (χ1v) is 9.10. The Morgan fingerprint density at radius 2 is 1.88 bits per heavy atom. The van der Waals surface area contributed by atoms with E-state index < -0.39 is 16.1 Å². The van der Waals surface area contributed by atoms with E-state index in [1.807, 2.05) is 10.8 Å². The minimum absolute atomic E-state index is 0.0180. The predicted molar refractivity (Wildman–Crippen MR) is 96.0 cm³/mol. The van der Waals surface area contributed by atoms with Crippen molar-refractivity contribution in [2.75, 3.05) is 11.4 Å². The molecule has 136 valence electrons. The number of rotatable bonds is 4. The van der Waals surface area contributed by atoms with Crippen molar-refractivity contribution in [2.24, 2.45) is 0 Å². The van der Waals surface area contributed by atoms with Crippen LogP contribution >= 0.6 is 0 Å². The van der Waals surface area contributed by atoms with Gasteiger partial charge in [0.05, 0.1) is 6.20 Å². The second-order valence-electron chi connectivity index (χ2n) is 5.70. The lowest BCUT2D eigenvalue weighted by molar-refractivity contribution is 0.0963. The monoisotopic (exact) mass is 375 g/mol. The van der Waals surface area contributed by atoms with E-state index in [1.165, 1.54) is 12.1 Å². The minimum Gasteiger partial charge on any atom is -0.506 e. The van der Waals surface area contributed by atoms with Gasteiger partial charge in [0.1, 0.15) is 11.4 Å². The molecule has 8 nitrogen and oxygen atoms in total. The van der Waals surface area contributed by atoms with Crippen LogP contribution < -0.4 is 14.3 Å². The number of aliphatic hydroxyl groups excluding tert-OH is 1. The Labute approximate surface area is 150 Å². The molecule has 9 heteroatoms. The summed E-state index contributed by atoms with van der Waals surface area (Å²) < 4.78 is 26.4. The van der Waals surface area contributed by atoms with Crippen LogP contribution in [0.3, 0.4) is 0 Å². The van der Waals surface area contributed by atoms with E-state index in [4.69, 9.17) is 0 Å². The van der Waals surface area contributed by atoms with Gasteiger partial charge in [-0.2, -0.15) is 8.42 Å². The number of hydrogen-bond acceptors (Lipinski definition) is 5. The highest BCUT2D eigenvalue weighted by Crippen LogP contribution is 2.33. The fraction of sp³-hybridized carbons (Fsp3) is 0.118. The van der Waals surface area contributed by atoms with Crippen molar-refractivity contribution in [3.8, 4) is 5.75 Å². The Kier molecular flexibility index (Phi) is 4.47. The first-order valence-electron chi connectivity index (χ1n) is 7.66. The van der Waals surface area contributed by atoms with Gasteiger partial charge in [0.2, 0.25) is 5.88 Å². The van der Waals surface area contributed by atoms with Crippen molar-refractivity contribution in [3.63, 3.8) is 0 Å². The summed E-state index contributed by atoms with van der Waals surface area (Å²) in [6.45, 7) is 0. The largest absolute Gasteiger partial charge is 0.506 e. The van der Waals surface area contributed by atoms with Crippen LogP contribution in [0.1, 0.15) is 21.5 Å². The van der Waals surface area contributed by atoms with Crippen molar-refractivity contribution < 1.29 is 23.4 Å². The molecule has 2 aromatic rings. The van der Waals surface area contributed by atoms with Gasteiger partial charge in [-0.25, -0.2) is 9.03 Å². The molecule has 1 aliphatic rings. The smallest absolute Gasteiger partial charge is 0.330 e. The van der Waals surface area contributed by atoms with Gasteiger partial charge in [-0.3, -0.25) is 4.79 Å². The van der Waals surface area contributed by atoms with E-state index in [-0.39, 0.29) is 17.3 Å². The molecule has 0 radical (unpaired) electrons. The molecule has 1 aliphatic heterocycles. The summed E-state index contributed by atoms with van der Waals surface area (Å²) in [4.78, 5) is 11.7. The lowest BCUT2D eigenvalue weighted by atomic mass is 10.0. The Morgan fingerprint density at radius 1 is 1.15 bits per heavy atom. The van der Waals surface area contributed by atoms with E-state index in [2.05, 4.69) is 5.32 Å².